The van der Waals surface area contributed by atoms with Crippen molar-refractivity contribution in [1.82, 2.24) is 14.1 Å². The monoisotopic (exact) mass is 912 g/mol. The number of imidazole rings is 1. The van der Waals surface area contributed by atoms with Crippen molar-refractivity contribution in [3.8, 4) is 39.8 Å². The fourth-order valence-electron chi connectivity index (χ4n) is 12.1. The standard InChI is InChI=1S/C66H48N4O/c1-65(2,3)44-37-38-67-62(39-44)70-58-32-14-10-23-49(58)50-36-35-47(41-61(50)70)71-46-22-17-21-45(40-46)68-42-69(60-34-16-15-33-59(60)68)64-48(43-19-5-4-6-20-43)27-18-31-57(64)66-54-28-11-7-24-51(54)63(52-25-8-12-29-55(52)66)53-26-9-13-30-56(53)66/h4-41,63H,1-3H3. The van der Waals surface area contributed by atoms with Crippen molar-refractivity contribution >= 4 is 32.8 Å². The van der Waals surface area contributed by atoms with Crippen LogP contribution in [-0.2, 0) is 10.8 Å². The van der Waals surface area contributed by atoms with Crippen LogP contribution in [0, 0.1) is 6.33 Å². The number of pyridine rings is 1. The van der Waals surface area contributed by atoms with Gasteiger partial charge in [0.25, 0.3) is 6.33 Å². The maximum absolute atomic E-state index is 6.86. The van der Waals surface area contributed by atoms with Crippen LogP contribution >= 0.6 is 0 Å². The van der Waals surface area contributed by atoms with Gasteiger partial charge in [-0.25, -0.2) is 4.98 Å². The second kappa shape index (κ2) is 15.6. The first-order valence-corrected chi connectivity index (χ1v) is 24.6. The number of benzene rings is 9. The summed E-state index contributed by atoms with van der Waals surface area (Å²) in [4.78, 5) is 4.91. The Kier molecular flexibility index (Phi) is 9.06. The number of fused-ring (bicyclic) bond motifs is 4. The Bertz CT molecular complexity index is 3980. The lowest BCUT2D eigenvalue weighted by atomic mass is 9.50. The van der Waals surface area contributed by atoms with Gasteiger partial charge >= 0.3 is 0 Å². The zero-order valence-corrected chi connectivity index (χ0v) is 39.7. The van der Waals surface area contributed by atoms with E-state index in [9.17, 15) is 0 Å². The van der Waals surface area contributed by atoms with Gasteiger partial charge in [-0.15, -0.1) is 0 Å². The van der Waals surface area contributed by atoms with Crippen LogP contribution in [0.4, 0.5) is 0 Å². The van der Waals surface area contributed by atoms with Gasteiger partial charge in [0.15, 0.2) is 0 Å². The molecular weight excluding hydrogens is 865 g/mol. The summed E-state index contributed by atoms with van der Waals surface area (Å²) in [5, 5.41) is 2.32. The van der Waals surface area contributed by atoms with Gasteiger partial charge in [0.1, 0.15) is 17.3 Å². The Labute approximate surface area is 413 Å². The second-order valence-electron chi connectivity index (χ2n) is 20.1. The van der Waals surface area contributed by atoms with E-state index in [1.165, 1.54) is 49.9 Å². The normalized spacial score (nSPS) is 15.7. The lowest BCUT2D eigenvalue weighted by Gasteiger charge is -2.51. The summed E-state index contributed by atoms with van der Waals surface area (Å²) >= 11 is 0. The first kappa shape index (κ1) is 41.2. The van der Waals surface area contributed by atoms with Crippen LogP contribution in [-0.4, -0.2) is 14.1 Å². The van der Waals surface area contributed by atoms with E-state index >= 15 is 0 Å². The molecule has 12 aromatic rings. The molecule has 0 amide bonds. The number of hydrogen-bond acceptors (Lipinski definition) is 2. The van der Waals surface area contributed by atoms with Gasteiger partial charge in [-0.1, -0.05) is 191 Å². The molecule has 0 spiro atoms. The Morgan fingerprint density at radius 1 is 0.521 bits per heavy atom. The van der Waals surface area contributed by atoms with Crippen LogP contribution in [0.2, 0.25) is 0 Å². The predicted molar refractivity (Wildman–Crippen MR) is 286 cm³/mol. The molecule has 0 fully saturated rings. The number of aromatic nitrogens is 4. The minimum Gasteiger partial charge on any atom is -0.458 e. The Morgan fingerprint density at radius 2 is 1.13 bits per heavy atom. The molecule has 0 saturated heterocycles. The van der Waals surface area contributed by atoms with E-state index in [0.717, 1.165) is 67.3 Å². The van der Waals surface area contributed by atoms with Gasteiger partial charge in [-0.2, -0.15) is 0 Å². The van der Waals surface area contributed by atoms with Crippen molar-refractivity contribution in [2.24, 2.45) is 0 Å². The van der Waals surface area contributed by atoms with Crippen LogP contribution < -0.4 is 9.30 Å². The number of hydrogen-bond donors (Lipinski definition) is 0. The molecule has 9 aromatic carbocycles. The van der Waals surface area contributed by atoms with Gasteiger partial charge in [-0.05, 0) is 110 Å². The third kappa shape index (κ3) is 6.12. The molecule has 5 nitrogen and oxygen atoms in total. The molecule has 5 heteroatoms. The van der Waals surface area contributed by atoms with Crippen LogP contribution in [0.3, 0.4) is 0 Å². The van der Waals surface area contributed by atoms with Crippen LogP contribution in [0.5, 0.6) is 11.5 Å². The third-order valence-corrected chi connectivity index (χ3v) is 15.1. The summed E-state index contributed by atoms with van der Waals surface area (Å²) in [7, 11) is 0. The molecule has 0 N–H and O–H groups in total. The summed E-state index contributed by atoms with van der Waals surface area (Å²) in [6.45, 7) is 6.72. The number of nitrogens with zero attached hydrogens (tertiary/aromatic N) is 4. The number of para-hydroxylation sites is 4. The van der Waals surface area contributed by atoms with Crippen molar-refractivity contribution in [3.63, 3.8) is 0 Å². The molecule has 3 aliphatic rings. The molecule has 0 radical (unpaired) electrons. The lowest BCUT2D eigenvalue weighted by molar-refractivity contribution is -0.572. The molecule has 71 heavy (non-hydrogen) atoms. The minimum absolute atomic E-state index is 0.0234. The first-order valence-electron chi connectivity index (χ1n) is 24.6. The van der Waals surface area contributed by atoms with Crippen molar-refractivity contribution < 1.29 is 9.30 Å². The molecule has 0 atom stereocenters. The van der Waals surface area contributed by atoms with Gasteiger partial charge in [-0.3, -0.25) is 13.7 Å². The van der Waals surface area contributed by atoms with Crippen LogP contribution in [0.25, 0.3) is 61.2 Å². The molecule has 0 unspecified atom stereocenters. The summed E-state index contributed by atoms with van der Waals surface area (Å²) in [5.41, 5.74) is 18.4. The fraction of sp³-hybridized carbons (Fsp3) is 0.0909. The summed E-state index contributed by atoms with van der Waals surface area (Å²) in [6.07, 6.45) is 5.90. The SMILES string of the molecule is CC(C)(C)c1ccnc(-n2c3ccccc3c3ccc(Oc4cccc(-n5[c-][n+](-c6c(-c7ccccc7)cccc6C67c8ccccc8C(c8ccccc86)c6ccccc67)c6ccccc65)c4)cc32)c1. The Morgan fingerprint density at radius 3 is 1.86 bits per heavy atom. The van der Waals surface area contributed by atoms with Crippen LogP contribution in [0.15, 0.2) is 231 Å². The largest absolute Gasteiger partial charge is 0.458 e. The molecule has 3 aromatic heterocycles. The third-order valence-electron chi connectivity index (χ3n) is 15.1. The highest BCUT2D eigenvalue weighted by Crippen LogP contribution is 2.62. The molecule has 2 bridgehead atoms. The fourth-order valence-corrected chi connectivity index (χ4v) is 12.1. The average Bonchev–Trinajstić information content (AvgIpc) is 3.98. The van der Waals surface area contributed by atoms with Gasteiger partial charge < -0.3 is 4.74 Å². The first-order chi connectivity index (χ1) is 34.9. The lowest BCUT2D eigenvalue weighted by Crippen LogP contribution is -2.46. The van der Waals surface area contributed by atoms with E-state index in [1.54, 1.807) is 0 Å². The summed E-state index contributed by atoms with van der Waals surface area (Å²) in [5.74, 6) is 2.51. The Balaban J connectivity index is 0.950. The number of rotatable bonds is 7. The molecule has 0 aliphatic heterocycles. The average molecular weight is 913 g/mol. The molecule has 3 aliphatic carbocycles. The second-order valence-corrected chi connectivity index (χ2v) is 20.1. The van der Waals surface area contributed by atoms with Crippen molar-refractivity contribution in [2.45, 2.75) is 37.5 Å². The summed E-state index contributed by atoms with van der Waals surface area (Å²) in [6, 6.07) is 81.5. The molecular formula is C66H48N4O. The van der Waals surface area contributed by atoms with E-state index < -0.39 is 5.41 Å². The van der Waals surface area contributed by atoms with Crippen LogP contribution in [0.1, 0.15) is 71.2 Å². The maximum Gasteiger partial charge on any atom is 0.269 e. The van der Waals surface area contributed by atoms with Crippen molar-refractivity contribution in [3.05, 3.63) is 281 Å². The van der Waals surface area contributed by atoms with Gasteiger partial charge in [0, 0.05) is 29.0 Å². The van der Waals surface area contributed by atoms with Crippen molar-refractivity contribution in [1.29, 1.82) is 0 Å². The van der Waals surface area contributed by atoms with Crippen molar-refractivity contribution in [2.75, 3.05) is 0 Å². The number of ether oxygens (including phenoxy) is 1. The van der Waals surface area contributed by atoms with Gasteiger partial charge in [0.2, 0.25) is 0 Å². The highest BCUT2D eigenvalue weighted by molar-refractivity contribution is 6.09. The van der Waals surface area contributed by atoms with E-state index in [0.29, 0.717) is 0 Å². The predicted octanol–water partition coefficient (Wildman–Crippen LogP) is 15.1. The zero-order valence-electron chi connectivity index (χ0n) is 39.7. The van der Waals surface area contributed by atoms with E-state index in [2.05, 4.69) is 259 Å². The smallest absolute Gasteiger partial charge is 0.269 e. The molecule has 15 rings (SSSR count). The van der Waals surface area contributed by atoms with E-state index in [1.807, 2.05) is 12.3 Å². The van der Waals surface area contributed by atoms with E-state index in [-0.39, 0.29) is 11.3 Å². The molecule has 0 saturated carbocycles. The topological polar surface area (TPSA) is 35.9 Å². The summed E-state index contributed by atoms with van der Waals surface area (Å²) < 4.78 is 13.6. The zero-order chi connectivity index (χ0) is 47.4. The van der Waals surface area contributed by atoms with E-state index in [4.69, 9.17) is 9.72 Å². The Hall–Kier alpha value is -8.80. The molecule has 338 valence electrons. The highest BCUT2D eigenvalue weighted by atomic mass is 16.5. The minimum atomic E-state index is -0.616. The molecule has 3 heterocycles. The quantitative estimate of drug-likeness (QED) is 0.118. The van der Waals surface area contributed by atoms with Gasteiger partial charge in [0.05, 0.1) is 38.9 Å². The maximum atomic E-state index is 6.86. The highest BCUT2D eigenvalue weighted by Gasteiger charge is 2.53.